The van der Waals surface area contributed by atoms with Gasteiger partial charge in [0, 0.05) is 28.6 Å². The smallest absolute Gasteiger partial charge is 0.560 e. The van der Waals surface area contributed by atoms with E-state index in [1.54, 1.807) is 4.57 Å². The fraction of sp³-hybridized carbons (Fsp3) is 0.143. The normalized spacial score (nSPS) is 11.6. The van der Waals surface area contributed by atoms with Gasteiger partial charge in [0.25, 0.3) is 0 Å². The second-order valence-corrected chi connectivity index (χ2v) is 7.71. The third-order valence-electron chi connectivity index (χ3n) is 4.68. The number of halogens is 3. The highest BCUT2D eigenvalue weighted by Crippen LogP contribution is 2.38. The first-order chi connectivity index (χ1) is 15.2. The largest absolute Gasteiger partial charge is 0.563 e. The number of aromatic hydroxyl groups is 1. The van der Waals surface area contributed by atoms with Gasteiger partial charge in [0.1, 0.15) is 17.9 Å². The lowest BCUT2D eigenvalue weighted by molar-refractivity contribution is -0.138. The van der Waals surface area contributed by atoms with Crippen LogP contribution in [0.15, 0.2) is 48.8 Å². The summed E-state index contributed by atoms with van der Waals surface area (Å²) >= 11 is 0.927. The Kier molecular flexibility index (Phi) is 5.43. The van der Waals surface area contributed by atoms with Gasteiger partial charge in [-0.3, -0.25) is 4.57 Å². The van der Waals surface area contributed by atoms with Gasteiger partial charge in [-0.1, -0.05) is 18.2 Å². The molecule has 0 aliphatic carbocycles. The van der Waals surface area contributed by atoms with Crippen molar-refractivity contribution in [2.75, 3.05) is 7.11 Å². The van der Waals surface area contributed by atoms with Crippen molar-refractivity contribution in [3.05, 3.63) is 64.8 Å². The lowest BCUT2D eigenvalue weighted by atomic mass is 10.1. The first kappa shape index (κ1) is 21.5. The first-order valence-corrected chi connectivity index (χ1v) is 9.92. The maximum absolute atomic E-state index is 13.2. The van der Waals surface area contributed by atoms with E-state index in [1.807, 2.05) is 0 Å². The van der Waals surface area contributed by atoms with Gasteiger partial charge in [-0.25, -0.2) is 4.98 Å². The molecule has 0 aliphatic rings. The molecule has 0 fully saturated rings. The van der Waals surface area contributed by atoms with Crippen LogP contribution in [-0.4, -0.2) is 32.8 Å². The van der Waals surface area contributed by atoms with Crippen LogP contribution in [0.5, 0.6) is 17.2 Å². The van der Waals surface area contributed by atoms with Gasteiger partial charge in [0.05, 0.1) is 23.7 Å². The summed E-state index contributed by atoms with van der Waals surface area (Å²) in [4.78, 5) is 16.0. The van der Waals surface area contributed by atoms with E-state index in [0.29, 0.717) is 16.0 Å². The number of phenolic OH excluding ortho intramolecular Hbond substituents is 1. The zero-order valence-corrected chi connectivity index (χ0v) is 17.3. The van der Waals surface area contributed by atoms with Gasteiger partial charge >= 0.3 is 12.1 Å². The Balaban J connectivity index is 1.70. The number of hydrogen-bond donors (Lipinski definition) is 1. The molecule has 0 atom stereocenters. The summed E-state index contributed by atoms with van der Waals surface area (Å²) in [6.07, 6.45) is -3.09. The van der Waals surface area contributed by atoms with Crippen LogP contribution < -0.4 is 9.47 Å². The quantitative estimate of drug-likeness (QED) is 0.429. The van der Waals surface area contributed by atoms with E-state index < -0.39 is 24.3 Å². The van der Waals surface area contributed by atoms with Gasteiger partial charge in [-0.05, 0) is 6.07 Å². The number of ether oxygens (including phenoxy) is 2. The van der Waals surface area contributed by atoms with Crippen molar-refractivity contribution in [1.82, 2.24) is 9.55 Å². The number of fused-ring (bicyclic) bond motifs is 1. The van der Waals surface area contributed by atoms with Crippen molar-refractivity contribution >= 4 is 28.3 Å². The van der Waals surface area contributed by atoms with Crippen LogP contribution in [0.4, 0.5) is 13.2 Å². The number of phenols is 1. The molecule has 0 radical (unpaired) electrons. The Hall–Kier alpha value is -3.73. The number of rotatable bonds is 6. The van der Waals surface area contributed by atoms with Crippen molar-refractivity contribution in [2.45, 2.75) is 12.8 Å². The molecule has 0 spiro atoms. The second kappa shape index (κ2) is 8.08. The molecule has 2 heterocycles. The minimum atomic E-state index is -4.55. The standard InChI is InChI=1S/C21H15F3N2O5S/c1-30-16-6-13-14(7-15(16)27)26(10-25-13)18-8-17(19(32-18)20(28)29)31-9-11-4-2-3-5-12(11)21(22,23)24/h2-8,10,27H,9H2,1H3,(H,28,29)/p+1. The van der Waals surface area contributed by atoms with E-state index in [0.717, 1.165) is 17.4 Å². The molecule has 3 N–H and O–H groups in total. The van der Waals surface area contributed by atoms with Gasteiger partial charge in [-0.15, -0.1) is 11.3 Å². The lowest BCUT2D eigenvalue weighted by Crippen LogP contribution is -2.11. The Bertz CT molecular complexity index is 1310. The highest BCUT2D eigenvalue weighted by atomic mass is 32.1. The predicted molar refractivity (Wildman–Crippen MR) is 111 cm³/mol. The molecule has 32 heavy (non-hydrogen) atoms. The van der Waals surface area contributed by atoms with E-state index in [-0.39, 0.29) is 27.7 Å². The predicted octanol–water partition coefficient (Wildman–Crippen LogP) is 4.26. The van der Waals surface area contributed by atoms with Crippen LogP contribution in [0.25, 0.3) is 16.0 Å². The highest BCUT2D eigenvalue weighted by Gasteiger charge is 2.33. The highest BCUT2D eigenvalue weighted by molar-refractivity contribution is 7.16. The second-order valence-electron chi connectivity index (χ2n) is 6.68. The number of methoxy groups -OCH3 is 1. The average molecular weight is 465 g/mol. The molecular weight excluding hydrogens is 449 g/mol. The molecular formula is C21H16F3N2O5S+. The van der Waals surface area contributed by atoms with Gasteiger partial charge in [0.15, 0.2) is 17.2 Å². The molecule has 0 saturated heterocycles. The van der Waals surface area contributed by atoms with Gasteiger partial charge in [0.2, 0.25) is 4.88 Å². The van der Waals surface area contributed by atoms with Crippen molar-refractivity contribution in [2.24, 2.45) is 0 Å². The van der Waals surface area contributed by atoms with Gasteiger partial charge < -0.3 is 19.7 Å². The number of nitrogens with zero attached hydrogens (tertiary/aromatic N) is 2. The van der Waals surface area contributed by atoms with Crippen LogP contribution in [0.3, 0.4) is 0 Å². The van der Waals surface area contributed by atoms with Crippen molar-refractivity contribution in [3.8, 4) is 22.2 Å². The number of carbonyl (C=O) groups is 1. The molecule has 0 aliphatic heterocycles. The van der Waals surface area contributed by atoms with Crippen LogP contribution in [0, 0.1) is 0 Å². The first-order valence-electron chi connectivity index (χ1n) is 9.11. The van der Waals surface area contributed by atoms with Crippen LogP contribution in [0.1, 0.15) is 20.8 Å². The number of benzene rings is 2. The zero-order chi connectivity index (χ0) is 23.0. The summed E-state index contributed by atoms with van der Waals surface area (Å²) in [7, 11) is 1.41. The third kappa shape index (κ3) is 3.94. The Labute approximate surface area is 182 Å². The fourth-order valence-corrected chi connectivity index (χ4v) is 4.12. The molecule has 2 aromatic heterocycles. The molecule has 0 unspecified atom stereocenters. The lowest BCUT2D eigenvalue weighted by Gasteiger charge is -2.13. The van der Waals surface area contributed by atoms with Crippen LogP contribution in [-0.2, 0) is 12.8 Å². The maximum atomic E-state index is 13.2. The number of carbonyl (C=O) groups excluding carboxylic acids is 1. The number of imidazole rings is 1. The summed E-state index contributed by atoms with van der Waals surface area (Å²) in [5.41, 5.74) is 0.0799. The minimum Gasteiger partial charge on any atom is -0.560 e. The number of aromatic nitrogens is 2. The third-order valence-corrected chi connectivity index (χ3v) is 5.80. The summed E-state index contributed by atoms with van der Waals surface area (Å²) in [6, 6.07) is 9.40. The molecule has 7 nitrogen and oxygen atoms in total. The number of hydrogen-bond acceptors (Lipinski definition) is 6. The zero-order valence-electron chi connectivity index (χ0n) is 16.4. The van der Waals surface area contributed by atoms with Gasteiger partial charge in [-0.2, -0.15) is 13.2 Å². The summed E-state index contributed by atoms with van der Waals surface area (Å²) in [5.74, 6) is -0.922. The molecule has 0 amide bonds. The van der Waals surface area contributed by atoms with Crippen LogP contribution in [0.2, 0.25) is 0 Å². The SMILES string of the molecule is COc1cc2ncn(-c3cc(OCc4ccccc4C(F)(F)F)c(C(=O)[OH2+])s3)c2cc1O. The molecule has 11 heteroatoms. The minimum absolute atomic E-state index is 0.0124. The molecule has 4 rings (SSSR count). The molecule has 166 valence electrons. The average Bonchev–Trinajstić information content (AvgIpc) is 3.34. The monoisotopic (exact) mass is 465 g/mol. The van der Waals surface area contributed by atoms with E-state index in [4.69, 9.17) is 14.6 Å². The summed E-state index contributed by atoms with van der Waals surface area (Å²) in [5, 5.41) is 18.0. The maximum Gasteiger partial charge on any atom is 0.563 e. The van der Waals surface area contributed by atoms with E-state index in [1.165, 1.54) is 49.8 Å². The number of thiophene rings is 1. The molecule has 4 aromatic rings. The summed E-state index contributed by atoms with van der Waals surface area (Å²) < 4.78 is 51.9. The van der Waals surface area contributed by atoms with Crippen molar-refractivity contribution in [1.29, 1.82) is 0 Å². The molecule has 0 saturated carbocycles. The Morgan fingerprint density at radius 1 is 1.22 bits per heavy atom. The number of alkyl halides is 3. The van der Waals surface area contributed by atoms with Crippen LogP contribution >= 0.6 is 11.3 Å². The topological polar surface area (TPSA) is 96.5 Å². The Morgan fingerprint density at radius 2 is 1.97 bits per heavy atom. The molecule has 2 aromatic carbocycles. The van der Waals surface area contributed by atoms with E-state index >= 15 is 0 Å². The molecule has 0 bridgehead atoms. The van der Waals surface area contributed by atoms with E-state index in [2.05, 4.69) is 4.98 Å². The van der Waals surface area contributed by atoms with Crippen molar-refractivity contribution in [3.63, 3.8) is 0 Å². The Morgan fingerprint density at radius 3 is 2.66 bits per heavy atom. The fourth-order valence-electron chi connectivity index (χ4n) is 3.19. The van der Waals surface area contributed by atoms with E-state index in [9.17, 15) is 23.1 Å². The summed E-state index contributed by atoms with van der Waals surface area (Å²) in [6.45, 7) is -0.436. The van der Waals surface area contributed by atoms with Crippen molar-refractivity contribution < 1.29 is 37.7 Å².